The second-order valence-corrected chi connectivity index (χ2v) is 5.87. The third kappa shape index (κ3) is 3.48. The van der Waals surface area contributed by atoms with Crippen molar-refractivity contribution in [1.82, 2.24) is 15.1 Å². The molecule has 1 aliphatic carbocycles. The third-order valence-corrected chi connectivity index (χ3v) is 4.72. The molecular formula is C14H24ClN3. The molecule has 1 aromatic rings. The molecule has 2 rings (SSSR count). The van der Waals surface area contributed by atoms with Gasteiger partial charge in [0.15, 0.2) is 0 Å². The number of hydrogen-bond acceptors (Lipinski definition) is 2. The minimum absolute atomic E-state index is 0.747. The number of rotatable bonds is 5. The highest BCUT2D eigenvalue weighted by molar-refractivity contribution is 6.30. The van der Waals surface area contributed by atoms with E-state index < -0.39 is 0 Å². The molecule has 0 radical (unpaired) electrons. The van der Waals surface area contributed by atoms with Gasteiger partial charge in [-0.1, -0.05) is 37.8 Å². The zero-order valence-electron chi connectivity index (χ0n) is 11.5. The lowest BCUT2D eigenvalue weighted by atomic mass is 9.81. The van der Waals surface area contributed by atoms with E-state index in [0.717, 1.165) is 35.6 Å². The summed E-state index contributed by atoms with van der Waals surface area (Å²) >= 11 is 6.13. The molecule has 0 spiro atoms. The van der Waals surface area contributed by atoms with E-state index in [0.29, 0.717) is 0 Å². The van der Waals surface area contributed by atoms with Crippen LogP contribution >= 0.6 is 11.6 Å². The van der Waals surface area contributed by atoms with Crippen molar-refractivity contribution in [2.75, 3.05) is 6.54 Å². The second-order valence-electron chi connectivity index (χ2n) is 5.51. The van der Waals surface area contributed by atoms with Gasteiger partial charge in [0.05, 0.1) is 6.20 Å². The first-order chi connectivity index (χ1) is 8.70. The largest absolute Gasteiger partial charge is 0.312 e. The van der Waals surface area contributed by atoms with Crippen LogP contribution in [0.1, 0.15) is 44.6 Å². The first-order valence-electron chi connectivity index (χ1n) is 7.07. The van der Waals surface area contributed by atoms with E-state index in [1.807, 2.05) is 13.2 Å². The van der Waals surface area contributed by atoms with Crippen LogP contribution in [0.25, 0.3) is 0 Å². The topological polar surface area (TPSA) is 29.9 Å². The lowest BCUT2D eigenvalue weighted by Crippen LogP contribution is -2.26. The van der Waals surface area contributed by atoms with Crippen molar-refractivity contribution in [2.45, 2.75) is 45.6 Å². The normalized spacial score (nSPS) is 24.4. The van der Waals surface area contributed by atoms with Crippen LogP contribution < -0.4 is 5.32 Å². The average molecular weight is 270 g/mol. The Morgan fingerprint density at radius 2 is 2.00 bits per heavy atom. The van der Waals surface area contributed by atoms with Crippen LogP contribution in [0.4, 0.5) is 0 Å². The van der Waals surface area contributed by atoms with Crippen molar-refractivity contribution < 1.29 is 0 Å². The van der Waals surface area contributed by atoms with Gasteiger partial charge in [0.2, 0.25) is 0 Å². The fourth-order valence-corrected chi connectivity index (χ4v) is 3.00. The zero-order valence-corrected chi connectivity index (χ0v) is 12.2. The minimum atomic E-state index is 0.747. The number of halogens is 1. The lowest BCUT2D eigenvalue weighted by Gasteiger charge is -2.27. The SMILES string of the molecule is CCC1CCC(CNCc2cnn(C)c2Cl)CC1. The van der Waals surface area contributed by atoms with Crippen LogP contribution in [-0.4, -0.2) is 16.3 Å². The Balaban J connectivity index is 1.68. The Hall–Kier alpha value is -0.540. The van der Waals surface area contributed by atoms with Gasteiger partial charge in [-0.05, 0) is 31.2 Å². The molecule has 102 valence electrons. The first kappa shape index (κ1) is 13.9. The summed E-state index contributed by atoms with van der Waals surface area (Å²) in [4.78, 5) is 0. The standard InChI is InChI=1S/C14H24ClN3/c1-3-11-4-6-12(7-5-11)8-16-9-13-10-17-18(2)14(13)15/h10-12,16H,3-9H2,1-2H3. The molecular weight excluding hydrogens is 246 g/mol. The van der Waals surface area contributed by atoms with Crippen molar-refractivity contribution in [3.05, 3.63) is 16.9 Å². The molecule has 4 heteroatoms. The van der Waals surface area contributed by atoms with Crippen molar-refractivity contribution >= 4 is 11.6 Å². The quantitative estimate of drug-likeness (QED) is 0.888. The average Bonchev–Trinajstić information content (AvgIpc) is 2.71. The Morgan fingerprint density at radius 1 is 1.33 bits per heavy atom. The highest BCUT2D eigenvalue weighted by Gasteiger charge is 2.19. The highest BCUT2D eigenvalue weighted by atomic mass is 35.5. The molecule has 1 aliphatic rings. The van der Waals surface area contributed by atoms with Crippen molar-refractivity contribution in [3.8, 4) is 0 Å². The number of nitrogens with zero attached hydrogens (tertiary/aromatic N) is 2. The molecule has 3 nitrogen and oxygen atoms in total. The monoisotopic (exact) mass is 269 g/mol. The number of hydrogen-bond donors (Lipinski definition) is 1. The number of nitrogens with one attached hydrogen (secondary N) is 1. The van der Waals surface area contributed by atoms with Crippen molar-refractivity contribution in [1.29, 1.82) is 0 Å². The first-order valence-corrected chi connectivity index (χ1v) is 7.45. The van der Waals surface area contributed by atoms with Gasteiger partial charge in [-0.25, -0.2) is 0 Å². The van der Waals surface area contributed by atoms with Gasteiger partial charge >= 0.3 is 0 Å². The molecule has 0 aliphatic heterocycles. The molecule has 0 saturated heterocycles. The van der Waals surface area contributed by atoms with E-state index in [1.165, 1.54) is 32.1 Å². The molecule has 1 saturated carbocycles. The Morgan fingerprint density at radius 3 is 2.56 bits per heavy atom. The molecule has 1 heterocycles. The molecule has 1 fully saturated rings. The highest BCUT2D eigenvalue weighted by Crippen LogP contribution is 2.30. The fraction of sp³-hybridized carbons (Fsp3) is 0.786. The van der Waals surface area contributed by atoms with Crippen LogP contribution in [0.2, 0.25) is 5.15 Å². The van der Waals surface area contributed by atoms with Crippen LogP contribution in [-0.2, 0) is 13.6 Å². The molecule has 0 unspecified atom stereocenters. The fourth-order valence-electron chi connectivity index (χ4n) is 2.84. The minimum Gasteiger partial charge on any atom is -0.312 e. The van der Waals surface area contributed by atoms with Gasteiger partial charge in [-0.3, -0.25) is 4.68 Å². The second kappa shape index (κ2) is 6.58. The van der Waals surface area contributed by atoms with E-state index in [1.54, 1.807) is 4.68 Å². The van der Waals surface area contributed by atoms with E-state index in [9.17, 15) is 0 Å². The van der Waals surface area contributed by atoms with Gasteiger partial charge < -0.3 is 5.32 Å². The summed E-state index contributed by atoms with van der Waals surface area (Å²) < 4.78 is 1.71. The van der Waals surface area contributed by atoms with E-state index in [-0.39, 0.29) is 0 Å². The summed E-state index contributed by atoms with van der Waals surface area (Å²) in [5.41, 5.74) is 1.10. The maximum Gasteiger partial charge on any atom is 0.131 e. The molecule has 18 heavy (non-hydrogen) atoms. The summed E-state index contributed by atoms with van der Waals surface area (Å²) in [6.07, 6.45) is 8.79. The van der Waals surface area contributed by atoms with Crippen LogP contribution in [0.3, 0.4) is 0 Å². The van der Waals surface area contributed by atoms with Crippen LogP contribution in [0.5, 0.6) is 0 Å². The predicted octanol–water partition coefficient (Wildman–Crippen LogP) is 3.38. The Kier molecular flexibility index (Phi) is 5.07. The molecule has 0 amide bonds. The molecule has 1 N–H and O–H groups in total. The maximum atomic E-state index is 6.13. The van der Waals surface area contributed by atoms with Gasteiger partial charge in [0.1, 0.15) is 5.15 Å². The van der Waals surface area contributed by atoms with Crippen molar-refractivity contribution in [2.24, 2.45) is 18.9 Å². The van der Waals surface area contributed by atoms with Gasteiger partial charge in [-0.15, -0.1) is 0 Å². The smallest absolute Gasteiger partial charge is 0.131 e. The summed E-state index contributed by atoms with van der Waals surface area (Å²) in [5.74, 6) is 1.83. The molecule has 0 aromatic carbocycles. The summed E-state index contributed by atoms with van der Waals surface area (Å²) in [6.45, 7) is 4.26. The molecule has 0 atom stereocenters. The number of aromatic nitrogens is 2. The molecule has 1 aromatic heterocycles. The van der Waals surface area contributed by atoms with E-state index in [2.05, 4.69) is 17.3 Å². The summed E-state index contributed by atoms with van der Waals surface area (Å²) in [5, 5.41) is 8.42. The lowest BCUT2D eigenvalue weighted by molar-refractivity contribution is 0.262. The van der Waals surface area contributed by atoms with E-state index in [4.69, 9.17) is 11.6 Å². The van der Waals surface area contributed by atoms with E-state index >= 15 is 0 Å². The van der Waals surface area contributed by atoms with Crippen LogP contribution in [0, 0.1) is 11.8 Å². The summed E-state index contributed by atoms with van der Waals surface area (Å²) in [6, 6.07) is 0. The van der Waals surface area contributed by atoms with Gasteiger partial charge in [0, 0.05) is 19.2 Å². The number of aryl methyl sites for hydroxylation is 1. The zero-order chi connectivity index (χ0) is 13.0. The van der Waals surface area contributed by atoms with Crippen LogP contribution in [0.15, 0.2) is 6.20 Å². The molecule has 0 bridgehead atoms. The summed E-state index contributed by atoms with van der Waals surface area (Å²) in [7, 11) is 1.87. The Labute approximate surface area is 115 Å². The van der Waals surface area contributed by atoms with Gasteiger partial charge in [0.25, 0.3) is 0 Å². The third-order valence-electron chi connectivity index (χ3n) is 4.23. The maximum absolute atomic E-state index is 6.13. The van der Waals surface area contributed by atoms with Crippen molar-refractivity contribution in [3.63, 3.8) is 0 Å². The Bertz CT molecular complexity index is 367. The van der Waals surface area contributed by atoms with Gasteiger partial charge in [-0.2, -0.15) is 5.10 Å². The predicted molar refractivity (Wildman–Crippen MR) is 75.7 cm³/mol.